The molecule has 3 aromatic rings. The molecule has 0 aliphatic carbocycles. The molecule has 0 N–H and O–H groups in total. The van der Waals surface area contributed by atoms with E-state index >= 15 is 0 Å². The SMILES string of the molecule is O=C(Cn1nnc(-c2ccc(F)cc2)n1)c1ccc(Cl)cc1. The Bertz CT molecular complexity index is 799. The lowest BCUT2D eigenvalue weighted by Crippen LogP contribution is -2.13. The number of nitrogens with zero attached hydrogens (tertiary/aromatic N) is 4. The molecular formula is C15H10ClFN4O. The second kappa shape index (κ2) is 6.03. The number of halogens is 2. The van der Waals surface area contributed by atoms with E-state index in [1.165, 1.54) is 16.9 Å². The van der Waals surface area contributed by atoms with E-state index in [0.29, 0.717) is 22.0 Å². The van der Waals surface area contributed by atoms with Crippen LogP contribution in [-0.2, 0) is 6.54 Å². The van der Waals surface area contributed by atoms with Crippen LogP contribution in [0.15, 0.2) is 48.5 Å². The Kier molecular flexibility index (Phi) is 3.93. The molecule has 0 aliphatic heterocycles. The quantitative estimate of drug-likeness (QED) is 0.694. The minimum atomic E-state index is -0.339. The van der Waals surface area contributed by atoms with Crippen LogP contribution < -0.4 is 0 Å². The number of hydrogen-bond acceptors (Lipinski definition) is 4. The molecule has 0 fully saturated rings. The summed E-state index contributed by atoms with van der Waals surface area (Å²) in [6, 6.07) is 12.3. The Labute approximate surface area is 130 Å². The Morgan fingerprint density at radius 3 is 2.45 bits per heavy atom. The molecule has 1 heterocycles. The van der Waals surface area contributed by atoms with E-state index in [1.54, 1.807) is 36.4 Å². The molecule has 0 amide bonds. The van der Waals surface area contributed by atoms with Gasteiger partial charge in [0, 0.05) is 16.1 Å². The third-order valence-electron chi connectivity index (χ3n) is 3.01. The molecule has 2 aromatic carbocycles. The Hall–Kier alpha value is -2.60. The van der Waals surface area contributed by atoms with Crippen molar-refractivity contribution in [3.63, 3.8) is 0 Å². The fourth-order valence-corrected chi connectivity index (χ4v) is 2.01. The van der Waals surface area contributed by atoms with E-state index in [0.717, 1.165) is 0 Å². The van der Waals surface area contributed by atoms with Crippen molar-refractivity contribution in [3.05, 3.63) is 64.9 Å². The van der Waals surface area contributed by atoms with Gasteiger partial charge in [-0.15, -0.1) is 10.2 Å². The highest BCUT2D eigenvalue weighted by Gasteiger charge is 2.11. The lowest BCUT2D eigenvalue weighted by molar-refractivity contribution is 0.0961. The summed E-state index contributed by atoms with van der Waals surface area (Å²) in [4.78, 5) is 13.3. The summed E-state index contributed by atoms with van der Waals surface area (Å²) >= 11 is 5.78. The normalized spacial score (nSPS) is 10.6. The van der Waals surface area contributed by atoms with Crippen molar-refractivity contribution in [2.24, 2.45) is 0 Å². The predicted octanol–water partition coefficient (Wildman–Crippen LogP) is 3.02. The molecule has 0 radical (unpaired) electrons. The van der Waals surface area contributed by atoms with Gasteiger partial charge in [0.05, 0.1) is 0 Å². The highest BCUT2D eigenvalue weighted by Crippen LogP contribution is 2.14. The largest absolute Gasteiger partial charge is 0.292 e. The van der Waals surface area contributed by atoms with E-state index in [4.69, 9.17) is 11.6 Å². The second-order valence-electron chi connectivity index (χ2n) is 4.58. The van der Waals surface area contributed by atoms with E-state index in [2.05, 4.69) is 15.4 Å². The average molecular weight is 317 g/mol. The summed E-state index contributed by atoms with van der Waals surface area (Å²) in [7, 11) is 0. The summed E-state index contributed by atoms with van der Waals surface area (Å²) < 4.78 is 12.9. The van der Waals surface area contributed by atoms with Crippen molar-refractivity contribution < 1.29 is 9.18 Å². The average Bonchev–Trinajstić information content (AvgIpc) is 2.97. The van der Waals surface area contributed by atoms with Crippen LogP contribution in [0.3, 0.4) is 0 Å². The third kappa shape index (κ3) is 3.17. The summed E-state index contributed by atoms with van der Waals surface area (Å²) in [5.41, 5.74) is 1.15. The number of carbonyl (C=O) groups is 1. The van der Waals surface area contributed by atoms with Crippen LogP contribution in [0.5, 0.6) is 0 Å². The topological polar surface area (TPSA) is 60.7 Å². The van der Waals surface area contributed by atoms with Gasteiger partial charge >= 0.3 is 0 Å². The Balaban J connectivity index is 1.75. The van der Waals surface area contributed by atoms with E-state index in [9.17, 15) is 9.18 Å². The number of hydrogen-bond donors (Lipinski definition) is 0. The van der Waals surface area contributed by atoms with E-state index < -0.39 is 0 Å². The minimum Gasteiger partial charge on any atom is -0.292 e. The maximum Gasteiger partial charge on any atom is 0.204 e. The summed E-state index contributed by atoms with van der Waals surface area (Å²) in [5, 5.41) is 12.4. The molecule has 0 atom stereocenters. The van der Waals surface area contributed by atoms with Gasteiger partial charge in [0.15, 0.2) is 5.78 Å². The molecule has 0 aliphatic rings. The molecule has 5 nitrogen and oxygen atoms in total. The molecular weight excluding hydrogens is 307 g/mol. The van der Waals surface area contributed by atoms with Gasteiger partial charge < -0.3 is 0 Å². The molecule has 110 valence electrons. The van der Waals surface area contributed by atoms with Crippen molar-refractivity contribution in [3.8, 4) is 11.4 Å². The summed E-state index contributed by atoms with van der Waals surface area (Å²) in [6.45, 7) is -0.0319. The van der Waals surface area contributed by atoms with Crippen molar-refractivity contribution in [2.75, 3.05) is 0 Å². The zero-order valence-electron chi connectivity index (χ0n) is 11.3. The molecule has 3 rings (SSSR count). The molecule has 22 heavy (non-hydrogen) atoms. The number of aromatic nitrogens is 4. The van der Waals surface area contributed by atoms with Crippen LogP contribution >= 0.6 is 11.6 Å². The van der Waals surface area contributed by atoms with E-state index in [1.807, 2.05) is 0 Å². The number of rotatable bonds is 4. The predicted molar refractivity (Wildman–Crippen MR) is 79.0 cm³/mol. The Morgan fingerprint density at radius 1 is 1.09 bits per heavy atom. The van der Waals surface area contributed by atoms with Gasteiger partial charge in [-0.25, -0.2) is 4.39 Å². The van der Waals surface area contributed by atoms with Crippen LogP contribution in [-0.4, -0.2) is 26.0 Å². The zero-order chi connectivity index (χ0) is 15.5. The Morgan fingerprint density at radius 2 is 1.77 bits per heavy atom. The van der Waals surface area contributed by atoms with Gasteiger partial charge in [-0.2, -0.15) is 4.80 Å². The third-order valence-corrected chi connectivity index (χ3v) is 3.26. The van der Waals surface area contributed by atoms with Gasteiger partial charge in [-0.3, -0.25) is 4.79 Å². The monoisotopic (exact) mass is 316 g/mol. The highest BCUT2D eigenvalue weighted by atomic mass is 35.5. The van der Waals surface area contributed by atoms with Crippen molar-refractivity contribution in [2.45, 2.75) is 6.54 Å². The zero-order valence-corrected chi connectivity index (χ0v) is 12.0. The number of tetrazole rings is 1. The van der Waals surface area contributed by atoms with E-state index in [-0.39, 0.29) is 18.1 Å². The lowest BCUT2D eigenvalue weighted by Gasteiger charge is -1.99. The maximum absolute atomic E-state index is 12.9. The van der Waals surface area contributed by atoms with Crippen LogP contribution in [0.2, 0.25) is 5.02 Å². The number of benzene rings is 2. The minimum absolute atomic E-state index is 0.0319. The molecule has 0 spiro atoms. The van der Waals surface area contributed by atoms with Crippen molar-refractivity contribution in [1.82, 2.24) is 20.2 Å². The van der Waals surface area contributed by atoms with Crippen LogP contribution in [0, 0.1) is 5.82 Å². The van der Waals surface area contributed by atoms with Gasteiger partial charge in [0.25, 0.3) is 0 Å². The number of ketones is 1. The maximum atomic E-state index is 12.9. The fraction of sp³-hybridized carbons (Fsp3) is 0.0667. The molecule has 0 saturated heterocycles. The van der Waals surface area contributed by atoms with Crippen LogP contribution in [0.25, 0.3) is 11.4 Å². The van der Waals surface area contributed by atoms with Crippen molar-refractivity contribution >= 4 is 17.4 Å². The molecule has 1 aromatic heterocycles. The molecule has 0 bridgehead atoms. The summed E-state index contributed by atoms with van der Waals surface area (Å²) in [5.74, 6) is -0.155. The molecule has 7 heteroatoms. The summed E-state index contributed by atoms with van der Waals surface area (Å²) in [6.07, 6.45) is 0. The van der Waals surface area contributed by atoms with Gasteiger partial charge in [0.2, 0.25) is 5.82 Å². The molecule has 0 saturated carbocycles. The number of Topliss-reactive ketones (excluding diaryl/α,β-unsaturated/α-hetero) is 1. The van der Waals surface area contributed by atoms with Gasteiger partial charge in [0.1, 0.15) is 12.4 Å². The first kappa shape index (κ1) is 14.3. The second-order valence-corrected chi connectivity index (χ2v) is 5.02. The standard InChI is InChI=1S/C15H10ClFN4O/c16-12-5-1-10(2-6-12)14(22)9-21-19-15(18-20-21)11-3-7-13(17)8-4-11/h1-8H,9H2. The van der Waals surface area contributed by atoms with Crippen LogP contribution in [0.1, 0.15) is 10.4 Å². The van der Waals surface area contributed by atoms with Crippen LogP contribution in [0.4, 0.5) is 4.39 Å². The fourth-order valence-electron chi connectivity index (χ4n) is 1.88. The van der Waals surface area contributed by atoms with Gasteiger partial charge in [-0.05, 0) is 53.7 Å². The number of carbonyl (C=O) groups excluding carboxylic acids is 1. The van der Waals surface area contributed by atoms with Gasteiger partial charge in [-0.1, -0.05) is 11.6 Å². The highest BCUT2D eigenvalue weighted by molar-refractivity contribution is 6.30. The smallest absolute Gasteiger partial charge is 0.204 e. The van der Waals surface area contributed by atoms with Crippen molar-refractivity contribution in [1.29, 1.82) is 0 Å². The first-order valence-corrected chi connectivity index (χ1v) is 6.82. The molecule has 0 unspecified atom stereocenters. The first-order chi connectivity index (χ1) is 10.6. The lowest BCUT2D eigenvalue weighted by atomic mass is 10.1. The first-order valence-electron chi connectivity index (χ1n) is 6.44.